The van der Waals surface area contributed by atoms with E-state index in [1.54, 1.807) is 18.2 Å². The van der Waals surface area contributed by atoms with Gasteiger partial charge in [0.25, 0.3) is 0 Å². The number of sulfone groups is 1. The van der Waals surface area contributed by atoms with Crippen LogP contribution in [0.15, 0.2) is 52.9 Å². The fraction of sp³-hybridized carbons (Fsp3) is 0.176. The van der Waals surface area contributed by atoms with Crippen molar-refractivity contribution in [3.05, 3.63) is 54.3 Å². The van der Waals surface area contributed by atoms with Gasteiger partial charge < -0.3 is 14.2 Å². The average Bonchev–Trinajstić information content (AvgIpc) is 3.13. The molecule has 0 spiro atoms. The molecule has 0 amide bonds. The van der Waals surface area contributed by atoms with Crippen molar-refractivity contribution < 1.29 is 27.0 Å². The van der Waals surface area contributed by atoms with Gasteiger partial charge in [0.1, 0.15) is 24.3 Å². The van der Waals surface area contributed by atoms with Crippen LogP contribution < -0.4 is 14.2 Å². The zero-order valence-electron chi connectivity index (χ0n) is 13.7. The van der Waals surface area contributed by atoms with Crippen molar-refractivity contribution in [2.45, 2.75) is 10.4 Å². The first-order valence-corrected chi connectivity index (χ1v) is 10.3. The van der Waals surface area contributed by atoms with Crippen molar-refractivity contribution in [3.8, 4) is 23.3 Å². The Balaban J connectivity index is 1.45. The molecule has 0 N–H and O–H groups in total. The molecule has 0 saturated carbocycles. The minimum absolute atomic E-state index is 0.114. The molecule has 1 aliphatic heterocycles. The van der Waals surface area contributed by atoms with Gasteiger partial charge in [0, 0.05) is 11.5 Å². The summed E-state index contributed by atoms with van der Waals surface area (Å²) in [5.41, 5.74) is 0. The van der Waals surface area contributed by atoms with Crippen LogP contribution in [0.2, 0.25) is 0 Å². The van der Waals surface area contributed by atoms with Crippen molar-refractivity contribution in [3.63, 3.8) is 0 Å². The Morgan fingerprint density at radius 2 is 1.89 bits per heavy atom. The summed E-state index contributed by atoms with van der Waals surface area (Å²) in [7, 11) is -3.74. The van der Waals surface area contributed by atoms with Crippen molar-refractivity contribution in [2.75, 3.05) is 12.4 Å². The number of fused-ring (bicyclic) bond motifs is 1. The zero-order chi connectivity index (χ0) is 18.9. The third kappa shape index (κ3) is 4.01. The maximum absolute atomic E-state index is 12.9. The minimum atomic E-state index is -3.74. The summed E-state index contributed by atoms with van der Waals surface area (Å²) in [5, 5.41) is 0. The van der Waals surface area contributed by atoms with E-state index in [0.29, 0.717) is 28.8 Å². The normalized spacial score (nSPS) is 16.1. The molecule has 0 fully saturated rings. The lowest BCUT2D eigenvalue weighted by Gasteiger charge is -2.25. The van der Waals surface area contributed by atoms with Gasteiger partial charge in [0.2, 0.25) is 14.2 Å². The summed E-state index contributed by atoms with van der Waals surface area (Å²) in [6.45, 7) is 0.119. The summed E-state index contributed by atoms with van der Waals surface area (Å²) in [6.07, 6.45) is -0.657. The molecule has 0 bridgehead atoms. The molecule has 3 aromatic rings. The highest BCUT2D eigenvalue weighted by molar-refractivity contribution is 7.93. The van der Waals surface area contributed by atoms with E-state index in [0.717, 1.165) is 0 Å². The number of ether oxygens (including phenoxy) is 3. The van der Waals surface area contributed by atoms with Crippen molar-refractivity contribution >= 4 is 21.4 Å². The number of halogens is 1. The van der Waals surface area contributed by atoms with Crippen molar-refractivity contribution in [1.29, 1.82) is 0 Å². The summed E-state index contributed by atoms with van der Waals surface area (Å²) >= 11 is 0.709. The Bertz CT molecular complexity index is 1050. The van der Waals surface area contributed by atoms with Crippen molar-refractivity contribution in [2.24, 2.45) is 0 Å². The first-order valence-electron chi connectivity index (χ1n) is 7.88. The maximum atomic E-state index is 12.9. The topological polar surface area (TPSA) is 87.6 Å². The smallest absolute Gasteiger partial charge is 0.335 e. The molecule has 0 aliphatic carbocycles. The van der Waals surface area contributed by atoms with E-state index < -0.39 is 21.8 Å². The highest BCUT2D eigenvalue weighted by Gasteiger charge is 2.30. The molecule has 2 heterocycles. The lowest BCUT2D eigenvalue weighted by Crippen LogP contribution is -2.35. The molecule has 0 radical (unpaired) electrons. The van der Waals surface area contributed by atoms with Gasteiger partial charge >= 0.3 is 6.01 Å². The van der Waals surface area contributed by atoms with Gasteiger partial charge in [-0.25, -0.2) is 12.8 Å². The average molecular weight is 408 g/mol. The Morgan fingerprint density at radius 3 is 2.67 bits per heavy atom. The largest absolute Gasteiger partial charge is 0.486 e. The number of hydrogen-bond acceptors (Lipinski definition) is 8. The Kier molecular flexibility index (Phi) is 4.66. The van der Waals surface area contributed by atoms with Gasteiger partial charge in [0.15, 0.2) is 11.5 Å². The molecule has 27 heavy (non-hydrogen) atoms. The van der Waals surface area contributed by atoms with Crippen LogP contribution >= 0.6 is 11.5 Å². The molecular formula is C17H13FN2O5S2. The number of hydrogen-bond donors (Lipinski definition) is 0. The molecule has 1 unspecified atom stereocenters. The van der Waals surface area contributed by atoms with E-state index in [2.05, 4.69) is 9.36 Å². The van der Waals surface area contributed by atoms with Gasteiger partial charge in [-0.2, -0.15) is 4.98 Å². The SMILES string of the molecule is O=S(=O)(CC1COc2ccccc2O1)c1nc(Oc2ccc(F)cc2)ns1. The molecule has 4 rings (SSSR count). The first-order chi connectivity index (χ1) is 13.0. The predicted molar refractivity (Wildman–Crippen MR) is 94.8 cm³/mol. The Labute approximate surface area is 158 Å². The number of nitrogens with zero attached hydrogens (tertiary/aromatic N) is 2. The summed E-state index contributed by atoms with van der Waals surface area (Å²) in [4.78, 5) is 3.92. The fourth-order valence-corrected chi connectivity index (χ4v) is 4.57. The van der Waals surface area contributed by atoms with E-state index in [1.165, 1.54) is 24.3 Å². The van der Waals surface area contributed by atoms with Crippen LogP contribution in [0.25, 0.3) is 0 Å². The summed E-state index contributed by atoms with van der Waals surface area (Å²) in [6, 6.07) is 12.2. The van der Waals surface area contributed by atoms with Gasteiger partial charge in [-0.3, -0.25) is 0 Å². The van der Waals surface area contributed by atoms with Crippen LogP contribution in [-0.4, -0.2) is 36.2 Å². The maximum Gasteiger partial charge on any atom is 0.335 e. The molecule has 7 nitrogen and oxygen atoms in total. The molecule has 10 heteroatoms. The van der Waals surface area contributed by atoms with Crippen LogP contribution in [-0.2, 0) is 9.84 Å². The lowest BCUT2D eigenvalue weighted by atomic mass is 10.3. The number of benzene rings is 2. The van der Waals surface area contributed by atoms with E-state index >= 15 is 0 Å². The standard InChI is InChI=1S/C17H13FN2O5S2/c18-11-5-7-12(8-6-11)25-16-19-17(26-20-16)27(21,22)10-13-9-23-14-3-1-2-4-15(14)24-13/h1-8,13H,9-10H2. The third-order valence-electron chi connectivity index (χ3n) is 3.65. The zero-order valence-corrected chi connectivity index (χ0v) is 15.4. The second-order valence-corrected chi connectivity index (χ2v) is 8.64. The number of para-hydroxylation sites is 2. The molecule has 140 valence electrons. The second-order valence-electron chi connectivity index (χ2n) is 5.68. The second kappa shape index (κ2) is 7.12. The molecule has 1 atom stereocenters. The molecule has 1 aromatic heterocycles. The van der Waals surface area contributed by atoms with Crippen molar-refractivity contribution in [1.82, 2.24) is 9.36 Å². The Hall–Kier alpha value is -2.72. The number of rotatable bonds is 5. The Morgan fingerprint density at radius 1 is 1.15 bits per heavy atom. The lowest BCUT2D eigenvalue weighted by molar-refractivity contribution is 0.106. The van der Waals surface area contributed by atoms with Crippen LogP contribution in [0, 0.1) is 5.82 Å². The van der Waals surface area contributed by atoms with Crippen LogP contribution in [0.3, 0.4) is 0 Å². The van der Waals surface area contributed by atoms with Crippen LogP contribution in [0.4, 0.5) is 4.39 Å². The molecule has 1 aliphatic rings. The van der Waals surface area contributed by atoms with Gasteiger partial charge in [-0.05, 0) is 36.4 Å². The van der Waals surface area contributed by atoms with E-state index in [4.69, 9.17) is 14.2 Å². The highest BCUT2D eigenvalue weighted by atomic mass is 32.2. The first kappa shape index (κ1) is 17.7. The molecule has 0 saturated heterocycles. The fourth-order valence-electron chi connectivity index (χ4n) is 2.43. The monoisotopic (exact) mass is 408 g/mol. The molecule has 2 aromatic carbocycles. The summed E-state index contributed by atoms with van der Waals surface area (Å²) < 4.78 is 58.4. The van der Waals surface area contributed by atoms with E-state index in [1.807, 2.05) is 6.07 Å². The van der Waals surface area contributed by atoms with Gasteiger partial charge in [-0.1, -0.05) is 12.1 Å². The number of aromatic nitrogens is 2. The summed E-state index contributed by atoms with van der Waals surface area (Å²) in [5.74, 6) is 0.678. The molecular weight excluding hydrogens is 395 g/mol. The van der Waals surface area contributed by atoms with Crippen LogP contribution in [0.1, 0.15) is 0 Å². The highest BCUT2D eigenvalue weighted by Crippen LogP contribution is 2.32. The third-order valence-corrected chi connectivity index (χ3v) is 6.56. The van der Waals surface area contributed by atoms with Gasteiger partial charge in [-0.15, -0.1) is 4.37 Å². The minimum Gasteiger partial charge on any atom is -0.486 e. The van der Waals surface area contributed by atoms with E-state index in [9.17, 15) is 12.8 Å². The van der Waals surface area contributed by atoms with E-state index in [-0.39, 0.29) is 22.7 Å². The quantitative estimate of drug-likeness (QED) is 0.641. The van der Waals surface area contributed by atoms with Crippen LogP contribution in [0.5, 0.6) is 23.3 Å². The van der Waals surface area contributed by atoms with Gasteiger partial charge in [0.05, 0.1) is 5.75 Å². The predicted octanol–water partition coefficient (Wildman–Crippen LogP) is 3.08.